The molecule has 0 saturated heterocycles. The molecule has 2 aromatic heterocycles. The predicted molar refractivity (Wildman–Crippen MR) is 101 cm³/mol. The maximum atomic E-state index is 12.8. The highest BCUT2D eigenvalue weighted by Crippen LogP contribution is 2.13. The molecule has 3 rings (SSSR count). The van der Waals surface area contributed by atoms with Gasteiger partial charge in [-0.25, -0.2) is 9.07 Å². The molecule has 0 atom stereocenters. The van der Waals surface area contributed by atoms with Crippen LogP contribution in [0.15, 0.2) is 65.7 Å². The van der Waals surface area contributed by atoms with Gasteiger partial charge in [0.2, 0.25) is 0 Å². The minimum absolute atomic E-state index is 0.165. The molecule has 0 aliphatic carbocycles. The van der Waals surface area contributed by atoms with E-state index >= 15 is 0 Å². The van der Waals surface area contributed by atoms with Gasteiger partial charge in [-0.2, -0.15) is 5.10 Å². The smallest absolute Gasteiger partial charge is 0.266 e. The van der Waals surface area contributed by atoms with Crippen LogP contribution in [0.1, 0.15) is 6.42 Å². The first-order valence-corrected chi connectivity index (χ1v) is 8.75. The van der Waals surface area contributed by atoms with Crippen molar-refractivity contribution >= 4 is 5.91 Å². The lowest BCUT2D eigenvalue weighted by Gasteiger charge is -2.09. The molecule has 0 bridgehead atoms. The van der Waals surface area contributed by atoms with Gasteiger partial charge in [-0.05, 0) is 48.9 Å². The fraction of sp³-hybridized carbons (Fsp3) is 0.200. The molecule has 1 aromatic carbocycles. The summed E-state index contributed by atoms with van der Waals surface area (Å²) < 4.78 is 19.5. The molecule has 1 N–H and O–H groups in total. The Morgan fingerprint density at radius 2 is 1.82 bits per heavy atom. The van der Waals surface area contributed by atoms with Crippen molar-refractivity contribution < 1.29 is 13.9 Å². The van der Waals surface area contributed by atoms with Crippen LogP contribution in [0.3, 0.4) is 0 Å². The van der Waals surface area contributed by atoms with E-state index in [0.29, 0.717) is 31.0 Å². The van der Waals surface area contributed by atoms with Crippen molar-refractivity contribution in [3.8, 4) is 17.0 Å². The van der Waals surface area contributed by atoms with E-state index in [1.165, 1.54) is 35.0 Å². The van der Waals surface area contributed by atoms with Crippen molar-refractivity contribution in [1.29, 1.82) is 0 Å². The van der Waals surface area contributed by atoms with Crippen LogP contribution in [0.2, 0.25) is 0 Å². The molecule has 28 heavy (non-hydrogen) atoms. The standard InChI is InChI=1S/C20H19FN4O3/c21-16-2-4-17(5-3-16)28-14-19(26)23-10-1-13-25-20(27)7-6-18(24-25)15-8-11-22-12-9-15/h2-9,11-12H,1,10,13-14H2,(H,23,26). The highest BCUT2D eigenvalue weighted by atomic mass is 19.1. The van der Waals surface area contributed by atoms with Crippen molar-refractivity contribution in [2.24, 2.45) is 0 Å². The quantitative estimate of drug-likeness (QED) is 0.603. The Balaban J connectivity index is 1.45. The third kappa shape index (κ3) is 5.47. The molecule has 0 unspecified atom stereocenters. The van der Waals surface area contributed by atoms with Crippen molar-refractivity contribution in [2.75, 3.05) is 13.2 Å². The van der Waals surface area contributed by atoms with Crippen LogP contribution in [-0.2, 0) is 11.3 Å². The molecule has 1 amide bonds. The first kappa shape index (κ1) is 19.2. The summed E-state index contributed by atoms with van der Waals surface area (Å²) in [5.41, 5.74) is 1.34. The number of hydrogen-bond donors (Lipinski definition) is 1. The first-order chi connectivity index (χ1) is 13.6. The third-order valence-electron chi connectivity index (χ3n) is 3.90. The minimum Gasteiger partial charge on any atom is -0.484 e. The monoisotopic (exact) mass is 382 g/mol. The Kier molecular flexibility index (Phi) is 6.46. The summed E-state index contributed by atoms with van der Waals surface area (Å²) in [6, 6.07) is 12.2. The van der Waals surface area contributed by atoms with Crippen LogP contribution in [0.4, 0.5) is 4.39 Å². The van der Waals surface area contributed by atoms with E-state index in [0.717, 1.165) is 5.56 Å². The van der Waals surface area contributed by atoms with E-state index in [1.54, 1.807) is 18.5 Å². The summed E-state index contributed by atoms with van der Waals surface area (Å²) in [7, 11) is 0. The van der Waals surface area contributed by atoms with Gasteiger partial charge >= 0.3 is 0 Å². The van der Waals surface area contributed by atoms with E-state index in [4.69, 9.17) is 4.74 Å². The molecule has 7 nitrogen and oxygen atoms in total. The van der Waals surface area contributed by atoms with Crippen LogP contribution in [0.5, 0.6) is 5.75 Å². The number of halogens is 1. The van der Waals surface area contributed by atoms with Gasteiger partial charge in [0.25, 0.3) is 11.5 Å². The summed E-state index contributed by atoms with van der Waals surface area (Å²) in [6.45, 7) is 0.581. The number of aromatic nitrogens is 3. The van der Waals surface area contributed by atoms with Crippen LogP contribution in [0, 0.1) is 5.82 Å². The molecule has 0 radical (unpaired) electrons. The molecule has 0 aliphatic rings. The predicted octanol–water partition coefficient (Wildman–Crippen LogP) is 2.03. The average molecular weight is 382 g/mol. The van der Waals surface area contributed by atoms with Crippen molar-refractivity contribution in [1.82, 2.24) is 20.1 Å². The lowest BCUT2D eigenvalue weighted by Crippen LogP contribution is -2.31. The number of benzene rings is 1. The van der Waals surface area contributed by atoms with Gasteiger partial charge in [-0.1, -0.05) is 0 Å². The molecule has 3 aromatic rings. The number of hydrogen-bond acceptors (Lipinski definition) is 5. The van der Waals surface area contributed by atoms with E-state index in [-0.39, 0.29) is 23.9 Å². The molecule has 0 saturated carbocycles. The number of amides is 1. The number of rotatable bonds is 8. The maximum absolute atomic E-state index is 12.8. The average Bonchev–Trinajstić information content (AvgIpc) is 2.72. The van der Waals surface area contributed by atoms with E-state index in [1.807, 2.05) is 12.1 Å². The zero-order valence-electron chi connectivity index (χ0n) is 15.0. The van der Waals surface area contributed by atoms with Crippen molar-refractivity contribution in [2.45, 2.75) is 13.0 Å². The zero-order chi connectivity index (χ0) is 19.8. The molecular formula is C20H19FN4O3. The van der Waals surface area contributed by atoms with Gasteiger partial charge in [-0.3, -0.25) is 14.6 Å². The fourth-order valence-corrected chi connectivity index (χ4v) is 2.47. The molecule has 8 heteroatoms. The number of aryl methyl sites for hydroxylation is 1. The second-order valence-corrected chi connectivity index (χ2v) is 5.96. The second-order valence-electron chi connectivity index (χ2n) is 5.96. The highest BCUT2D eigenvalue weighted by molar-refractivity contribution is 5.77. The summed E-state index contributed by atoms with van der Waals surface area (Å²) in [4.78, 5) is 27.7. The number of nitrogens with zero attached hydrogens (tertiary/aromatic N) is 3. The van der Waals surface area contributed by atoms with Gasteiger partial charge in [0.15, 0.2) is 6.61 Å². The summed E-state index contributed by atoms with van der Waals surface area (Å²) >= 11 is 0. The van der Waals surface area contributed by atoms with Gasteiger partial charge in [-0.15, -0.1) is 0 Å². The molecule has 0 fully saturated rings. The molecule has 2 heterocycles. The molecule has 0 spiro atoms. The number of carbonyl (C=O) groups is 1. The Bertz CT molecular complexity index is 975. The van der Waals surface area contributed by atoms with Crippen LogP contribution >= 0.6 is 0 Å². The highest BCUT2D eigenvalue weighted by Gasteiger charge is 2.05. The van der Waals surface area contributed by atoms with Gasteiger partial charge in [0.05, 0.1) is 5.69 Å². The van der Waals surface area contributed by atoms with Crippen LogP contribution in [0.25, 0.3) is 11.3 Å². The number of nitrogens with one attached hydrogen (secondary N) is 1. The third-order valence-corrected chi connectivity index (χ3v) is 3.90. The van der Waals surface area contributed by atoms with E-state index < -0.39 is 0 Å². The minimum atomic E-state index is -0.367. The maximum Gasteiger partial charge on any atom is 0.266 e. The second kappa shape index (κ2) is 9.40. The summed E-state index contributed by atoms with van der Waals surface area (Å²) in [5.74, 6) is -0.246. The first-order valence-electron chi connectivity index (χ1n) is 8.75. The van der Waals surface area contributed by atoms with Crippen molar-refractivity contribution in [3.63, 3.8) is 0 Å². The molecule has 144 valence electrons. The fourth-order valence-electron chi connectivity index (χ4n) is 2.47. The number of carbonyl (C=O) groups excluding carboxylic acids is 1. The molecular weight excluding hydrogens is 363 g/mol. The Morgan fingerprint density at radius 1 is 1.07 bits per heavy atom. The van der Waals surface area contributed by atoms with Gasteiger partial charge in [0, 0.05) is 37.1 Å². The van der Waals surface area contributed by atoms with E-state index in [2.05, 4.69) is 15.4 Å². The Hall–Kier alpha value is -3.55. The van der Waals surface area contributed by atoms with Gasteiger partial charge in [0.1, 0.15) is 11.6 Å². The van der Waals surface area contributed by atoms with Crippen molar-refractivity contribution in [3.05, 3.63) is 77.1 Å². The van der Waals surface area contributed by atoms with Gasteiger partial charge < -0.3 is 10.1 Å². The Morgan fingerprint density at radius 3 is 2.57 bits per heavy atom. The van der Waals surface area contributed by atoms with Crippen LogP contribution in [-0.4, -0.2) is 33.8 Å². The molecule has 0 aliphatic heterocycles. The van der Waals surface area contributed by atoms with E-state index in [9.17, 15) is 14.0 Å². The largest absolute Gasteiger partial charge is 0.484 e. The lowest BCUT2D eigenvalue weighted by molar-refractivity contribution is -0.123. The normalized spacial score (nSPS) is 10.5. The SMILES string of the molecule is O=C(COc1ccc(F)cc1)NCCCn1nc(-c2ccncc2)ccc1=O. The lowest BCUT2D eigenvalue weighted by atomic mass is 10.2. The topological polar surface area (TPSA) is 86.1 Å². The van der Waals surface area contributed by atoms with Crippen LogP contribution < -0.4 is 15.6 Å². The number of ether oxygens (including phenoxy) is 1. The Labute approximate surface area is 160 Å². The zero-order valence-corrected chi connectivity index (χ0v) is 15.0. The summed E-state index contributed by atoms with van der Waals surface area (Å²) in [5, 5.41) is 7.06. The number of pyridine rings is 1. The summed E-state index contributed by atoms with van der Waals surface area (Å²) in [6.07, 6.45) is 3.86.